The minimum absolute atomic E-state index is 0. The second kappa shape index (κ2) is 20.3. The zero-order valence-corrected chi connectivity index (χ0v) is 27.5. The maximum absolute atomic E-state index is 13.5. The maximum atomic E-state index is 13.5. The Hall–Kier alpha value is -2.61. The quantitative estimate of drug-likeness (QED) is 0.0968. The highest BCUT2D eigenvalue weighted by atomic mass is 127. The molecular weight excluding hydrogens is 623 g/mol. The highest BCUT2D eigenvalue weighted by Crippen LogP contribution is 2.30. The number of rotatable bonds is 19. The SMILES string of the molecule is CCCCCCCCCCCCCCOc1ccc(CN(C(=O)c2ccc[n+](C)c2)c2ccccc2)cc1OC.[I-]. The molecule has 1 heterocycles. The molecule has 3 aromatic rings. The molecule has 0 aliphatic carbocycles. The highest BCUT2D eigenvalue weighted by Gasteiger charge is 2.21. The van der Waals surface area contributed by atoms with Gasteiger partial charge >= 0.3 is 0 Å². The van der Waals surface area contributed by atoms with Crippen LogP contribution in [-0.4, -0.2) is 19.6 Å². The number of methoxy groups -OCH3 is 1. The molecule has 5 nitrogen and oxygen atoms in total. The van der Waals surface area contributed by atoms with Crippen molar-refractivity contribution in [2.24, 2.45) is 7.05 Å². The van der Waals surface area contributed by atoms with Gasteiger partial charge in [0.25, 0.3) is 5.91 Å². The number of hydrogen-bond donors (Lipinski definition) is 0. The molecule has 2 aromatic carbocycles. The van der Waals surface area contributed by atoms with Crippen LogP contribution in [-0.2, 0) is 13.6 Å². The molecule has 0 unspecified atom stereocenters. The number of carbonyl (C=O) groups is 1. The fourth-order valence-corrected chi connectivity index (χ4v) is 5.00. The first-order valence-corrected chi connectivity index (χ1v) is 15.2. The lowest BCUT2D eigenvalue weighted by atomic mass is 10.1. The van der Waals surface area contributed by atoms with Gasteiger partial charge in [-0.15, -0.1) is 0 Å². The highest BCUT2D eigenvalue weighted by molar-refractivity contribution is 6.05. The molecule has 0 saturated heterocycles. The van der Waals surface area contributed by atoms with E-state index in [2.05, 4.69) is 6.92 Å². The zero-order valence-electron chi connectivity index (χ0n) is 25.3. The predicted octanol–water partition coefficient (Wildman–Crippen LogP) is 5.45. The third kappa shape index (κ3) is 12.4. The number of carbonyl (C=O) groups excluding carboxylic acids is 1. The third-order valence-corrected chi connectivity index (χ3v) is 7.32. The molecule has 0 aliphatic rings. The van der Waals surface area contributed by atoms with Gasteiger partial charge < -0.3 is 38.4 Å². The molecule has 0 saturated carbocycles. The molecule has 0 fully saturated rings. The minimum Gasteiger partial charge on any atom is -1.00 e. The Morgan fingerprint density at radius 3 is 2.02 bits per heavy atom. The predicted molar refractivity (Wildman–Crippen MR) is 164 cm³/mol. The normalized spacial score (nSPS) is 10.6. The summed E-state index contributed by atoms with van der Waals surface area (Å²) in [6.45, 7) is 3.39. The van der Waals surface area contributed by atoms with Crippen LogP contribution in [0.5, 0.6) is 11.5 Å². The zero-order chi connectivity index (χ0) is 28.4. The van der Waals surface area contributed by atoms with Gasteiger partial charge in [-0.2, -0.15) is 0 Å². The van der Waals surface area contributed by atoms with Crippen LogP contribution in [0.4, 0.5) is 5.69 Å². The fourth-order valence-electron chi connectivity index (χ4n) is 5.00. The molecule has 0 aliphatic heterocycles. The largest absolute Gasteiger partial charge is 1.00 e. The molecule has 0 radical (unpaired) electrons. The molecule has 41 heavy (non-hydrogen) atoms. The molecule has 224 valence electrons. The van der Waals surface area contributed by atoms with E-state index in [9.17, 15) is 4.79 Å². The molecule has 6 heteroatoms. The molecule has 0 N–H and O–H groups in total. The third-order valence-electron chi connectivity index (χ3n) is 7.32. The van der Waals surface area contributed by atoms with Crippen molar-refractivity contribution in [3.63, 3.8) is 0 Å². The monoisotopic (exact) mass is 672 g/mol. The van der Waals surface area contributed by atoms with E-state index in [-0.39, 0.29) is 29.9 Å². The van der Waals surface area contributed by atoms with Crippen molar-refractivity contribution in [1.29, 1.82) is 0 Å². The van der Waals surface area contributed by atoms with Crippen LogP contribution in [0.15, 0.2) is 73.1 Å². The molecular formula is C35H49IN2O3. The van der Waals surface area contributed by atoms with Crippen LogP contribution in [0.1, 0.15) is 99.9 Å². The Balaban J connectivity index is 0.00000588. The fraction of sp³-hybridized carbons (Fsp3) is 0.486. The van der Waals surface area contributed by atoms with Gasteiger partial charge in [-0.3, -0.25) is 4.79 Å². The van der Waals surface area contributed by atoms with Crippen LogP contribution in [0, 0.1) is 0 Å². The van der Waals surface area contributed by atoms with Gasteiger partial charge in [0.15, 0.2) is 23.9 Å². The average Bonchev–Trinajstić information content (AvgIpc) is 2.98. The number of hydrogen-bond acceptors (Lipinski definition) is 3. The van der Waals surface area contributed by atoms with Crippen molar-refractivity contribution in [3.05, 3.63) is 84.2 Å². The van der Waals surface area contributed by atoms with Crippen molar-refractivity contribution in [2.45, 2.75) is 90.5 Å². The summed E-state index contributed by atoms with van der Waals surface area (Å²) in [6, 6.07) is 19.5. The first-order valence-electron chi connectivity index (χ1n) is 15.2. The number of para-hydroxylation sites is 1. The number of pyridine rings is 1. The first-order chi connectivity index (χ1) is 19.6. The summed E-state index contributed by atoms with van der Waals surface area (Å²) >= 11 is 0. The molecule has 0 atom stereocenters. The van der Waals surface area contributed by atoms with Gasteiger partial charge in [0, 0.05) is 11.8 Å². The number of amides is 1. The van der Waals surface area contributed by atoms with Crippen molar-refractivity contribution >= 4 is 11.6 Å². The lowest BCUT2D eigenvalue weighted by Gasteiger charge is -2.23. The standard InChI is InChI=1S/C35H49N2O3.HI/c1-4-5-6-7-8-9-10-11-12-13-14-18-26-40-33-24-23-30(27-34(33)39-3)28-37(32-21-16-15-17-22-32)35(38)31-20-19-25-36(2)29-31;/h15-17,19-25,27,29H,4-14,18,26,28H2,1-3H3;1H/q+1;/p-1. The van der Waals surface area contributed by atoms with Gasteiger partial charge in [0.2, 0.25) is 0 Å². The van der Waals surface area contributed by atoms with E-state index in [0.717, 1.165) is 23.4 Å². The Kier molecular flexibility index (Phi) is 17.1. The summed E-state index contributed by atoms with van der Waals surface area (Å²) in [5.74, 6) is 1.40. The van der Waals surface area contributed by atoms with E-state index in [1.54, 1.807) is 12.0 Å². The van der Waals surface area contributed by atoms with Gasteiger partial charge in [-0.05, 0) is 42.3 Å². The van der Waals surface area contributed by atoms with Crippen LogP contribution in [0.2, 0.25) is 0 Å². The number of aryl methyl sites for hydroxylation is 1. The molecule has 3 rings (SSSR count). The van der Waals surface area contributed by atoms with Crippen LogP contribution in [0.3, 0.4) is 0 Å². The molecule has 1 aromatic heterocycles. The Labute approximate surface area is 265 Å². The second-order valence-electron chi connectivity index (χ2n) is 10.7. The summed E-state index contributed by atoms with van der Waals surface area (Å²) in [5, 5.41) is 0. The lowest BCUT2D eigenvalue weighted by molar-refractivity contribution is -0.671. The number of benzene rings is 2. The van der Waals surface area contributed by atoms with E-state index < -0.39 is 0 Å². The van der Waals surface area contributed by atoms with Crippen LogP contribution < -0.4 is 42.9 Å². The van der Waals surface area contributed by atoms with E-state index >= 15 is 0 Å². The molecule has 0 spiro atoms. The van der Waals surface area contributed by atoms with E-state index in [1.807, 2.05) is 84.7 Å². The van der Waals surface area contributed by atoms with Crippen LogP contribution >= 0.6 is 0 Å². The van der Waals surface area contributed by atoms with E-state index in [4.69, 9.17) is 9.47 Å². The van der Waals surface area contributed by atoms with Crippen molar-refractivity contribution in [2.75, 3.05) is 18.6 Å². The van der Waals surface area contributed by atoms with Gasteiger partial charge in [0.1, 0.15) is 12.6 Å². The number of unbranched alkanes of at least 4 members (excludes halogenated alkanes) is 11. The molecule has 0 bridgehead atoms. The summed E-state index contributed by atoms with van der Waals surface area (Å²) in [6.07, 6.45) is 19.7. The summed E-state index contributed by atoms with van der Waals surface area (Å²) in [5.41, 5.74) is 2.47. The van der Waals surface area contributed by atoms with Crippen molar-refractivity contribution in [3.8, 4) is 11.5 Å². The number of anilines is 1. The van der Waals surface area contributed by atoms with Crippen LogP contribution in [0.25, 0.3) is 0 Å². The lowest BCUT2D eigenvalue weighted by Crippen LogP contribution is -3.00. The van der Waals surface area contributed by atoms with Gasteiger partial charge in [-0.25, -0.2) is 4.57 Å². The van der Waals surface area contributed by atoms with E-state index in [1.165, 1.54) is 70.6 Å². The summed E-state index contributed by atoms with van der Waals surface area (Å²) < 4.78 is 13.6. The second-order valence-corrected chi connectivity index (χ2v) is 10.7. The topological polar surface area (TPSA) is 42.7 Å². The number of ether oxygens (including phenoxy) is 2. The summed E-state index contributed by atoms with van der Waals surface area (Å²) in [7, 11) is 3.59. The smallest absolute Gasteiger partial charge is 0.264 e. The van der Waals surface area contributed by atoms with Gasteiger partial charge in [-0.1, -0.05) is 102 Å². The Morgan fingerprint density at radius 2 is 1.41 bits per heavy atom. The Morgan fingerprint density at radius 1 is 0.780 bits per heavy atom. The molecule has 1 amide bonds. The van der Waals surface area contributed by atoms with Gasteiger partial charge in [0.05, 0.1) is 20.3 Å². The number of aromatic nitrogens is 1. The number of nitrogens with zero attached hydrogens (tertiary/aromatic N) is 2. The summed E-state index contributed by atoms with van der Waals surface area (Å²) in [4.78, 5) is 15.3. The number of halogens is 1. The average molecular weight is 673 g/mol. The van der Waals surface area contributed by atoms with E-state index in [0.29, 0.717) is 24.5 Å². The maximum Gasteiger partial charge on any atom is 0.264 e. The first kappa shape index (κ1) is 34.6. The minimum atomic E-state index is -0.0475. The van der Waals surface area contributed by atoms with Crippen molar-refractivity contribution < 1.29 is 42.8 Å². The Bertz CT molecular complexity index is 1140. The van der Waals surface area contributed by atoms with Crippen molar-refractivity contribution in [1.82, 2.24) is 0 Å².